The molecule has 1 aromatic rings. The van der Waals surface area contributed by atoms with Crippen molar-refractivity contribution < 1.29 is 0 Å². The number of nitrogens with two attached hydrogens (primary N) is 1. The summed E-state index contributed by atoms with van der Waals surface area (Å²) in [5.74, 6) is 6.28. The van der Waals surface area contributed by atoms with Gasteiger partial charge in [-0.15, -0.1) is 0 Å². The molecule has 0 aromatic carbocycles. The highest BCUT2D eigenvalue weighted by molar-refractivity contribution is 5.12. The van der Waals surface area contributed by atoms with Crippen molar-refractivity contribution in [3.8, 4) is 0 Å². The number of nitrogens with zero attached hydrogens (tertiary/aromatic N) is 2. The second-order valence-corrected chi connectivity index (χ2v) is 3.96. The Balaban J connectivity index is 2.09. The van der Waals surface area contributed by atoms with Gasteiger partial charge < -0.3 is 0 Å². The van der Waals surface area contributed by atoms with Crippen LogP contribution in [-0.4, -0.2) is 9.78 Å². The van der Waals surface area contributed by atoms with E-state index in [-0.39, 0.29) is 0 Å². The van der Waals surface area contributed by atoms with Crippen LogP contribution in [0.5, 0.6) is 0 Å². The van der Waals surface area contributed by atoms with Crippen molar-refractivity contribution in [2.45, 2.75) is 38.8 Å². The standard InChI is InChI=1S/C10H18N4/c1-2-14-7-9(6-12-14)10(13-11)8-4-3-5-8/h6-8,10,13H,2-5,11H2,1H3. The Morgan fingerprint density at radius 1 is 1.71 bits per heavy atom. The second kappa shape index (κ2) is 4.11. The summed E-state index contributed by atoms with van der Waals surface area (Å²) in [6, 6.07) is 0.295. The van der Waals surface area contributed by atoms with E-state index in [4.69, 9.17) is 5.84 Å². The molecule has 0 spiro atoms. The molecule has 4 heteroatoms. The SMILES string of the molecule is CCn1cc(C(NN)C2CCC2)cn1. The van der Waals surface area contributed by atoms with Gasteiger partial charge in [0.2, 0.25) is 0 Å². The summed E-state index contributed by atoms with van der Waals surface area (Å²) >= 11 is 0. The van der Waals surface area contributed by atoms with Crippen LogP contribution in [0.25, 0.3) is 0 Å². The van der Waals surface area contributed by atoms with Gasteiger partial charge in [-0.1, -0.05) is 6.42 Å². The summed E-state index contributed by atoms with van der Waals surface area (Å²) < 4.78 is 1.94. The number of aromatic nitrogens is 2. The summed E-state index contributed by atoms with van der Waals surface area (Å²) in [6.07, 6.45) is 7.91. The molecule has 1 aliphatic rings. The maximum atomic E-state index is 5.58. The van der Waals surface area contributed by atoms with Crippen LogP contribution in [0.2, 0.25) is 0 Å². The van der Waals surface area contributed by atoms with E-state index in [0.717, 1.165) is 6.54 Å². The Kier molecular flexibility index (Phi) is 2.84. The molecular formula is C10H18N4. The quantitative estimate of drug-likeness (QED) is 0.559. The molecule has 0 radical (unpaired) electrons. The first-order valence-electron chi connectivity index (χ1n) is 5.33. The molecular weight excluding hydrogens is 176 g/mol. The van der Waals surface area contributed by atoms with Crippen LogP contribution >= 0.6 is 0 Å². The fourth-order valence-electron chi connectivity index (χ4n) is 1.99. The van der Waals surface area contributed by atoms with Gasteiger partial charge in [-0.05, 0) is 25.7 Å². The van der Waals surface area contributed by atoms with Crippen LogP contribution in [0.15, 0.2) is 12.4 Å². The van der Waals surface area contributed by atoms with Crippen LogP contribution in [-0.2, 0) is 6.54 Å². The minimum absolute atomic E-state index is 0.295. The van der Waals surface area contributed by atoms with E-state index in [2.05, 4.69) is 23.6 Å². The highest BCUT2D eigenvalue weighted by atomic mass is 15.3. The lowest BCUT2D eigenvalue weighted by molar-refractivity contribution is 0.232. The number of aryl methyl sites for hydroxylation is 1. The first-order chi connectivity index (χ1) is 6.85. The summed E-state index contributed by atoms with van der Waals surface area (Å²) in [4.78, 5) is 0. The first-order valence-corrected chi connectivity index (χ1v) is 5.33. The Morgan fingerprint density at radius 2 is 2.50 bits per heavy atom. The largest absolute Gasteiger partial charge is 0.273 e. The fourth-order valence-corrected chi connectivity index (χ4v) is 1.99. The third kappa shape index (κ3) is 1.67. The van der Waals surface area contributed by atoms with Crippen molar-refractivity contribution in [3.63, 3.8) is 0 Å². The van der Waals surface area contributed by atoms with E-state index in [1.54, 1.807) is 0 Å². The van der Waals surface area contributed by atoms with Crippen molar-refractivity contribution in [1.82, 2.24) is 15.2 Å². The van der Waals surface area contributed by atoms with Crippen LogP contribution in [0, 0.1) is 5.92 Å². The number of hydrogen-bond donors (Lipinski definition) is 2. The Morgan fingerprint density at radius 3 is 2.93 bits per heavy atom. The number of hydrogen-bond acceptors (Lipinski definition) is 3. The normalized spacial score (nSPS) is 19.3. The van der Waals surface area contributed by atoms with Gasteiger partial charge in [-0.3, -0.25) is 16.0 Å². The van der Waals surface area contributed by atoms with Crippen LogP contribution in [0.1, 0.15) is 37.8 Å². The van der Waals surface area contributed by atoms with Gasteiger partial charge in [0.05, 0.1) is 12.2 Å². The van der Waals surface area contributed by atoms with E-state index in [0.29, 0.717) is 12.0 Å². The monoisotopic (exact) mass is 194 g/mol. The molecule has 0 saturated heterocycles. The number of hydrazine groups is 1. The molecule has 1 atom stereocenters. The van der Waals surface area contributed by atoms with E-state index < -0.39 is 0 Å². The predicted molar refractivity (Wildman–Crippen MR) is 55.3 cm³/mol. The summed E-state index contributed by atoms with van der Waals surface area (Å²) in [7, 11) is 0. The molecule has 3 N–H and O–H groups in total. The van der Waals surface area contributed by atoms with E-state index >= 15 is 0 Å². The van der Waals surface area contributed by atoms with Gasteiger partial charge in [0, 0.05) is 18.3 Å². The molecule has 1 heterocycles. The zero-order valence-corrected chi connectivity index (χ0v) is 8.61. The number of nitrogens with one attached hydrogen (secondary N) is 1. The molecule has 1 aromatic heterocycles. The lowest BCUT2D eigenvalue weighted by atomic mass is 9.78. The zero-order chi connectivity index (χ0) is 9.97. The van der Waals surface area contributed by atoms with Crippen molar-refractivity contribution in [3.05, 3.63) is 18.0 Å². The molecule has 1 aliphatic carbocycles. The Labute approximate surface area is 84.4 Å². The topological polar surface area (TPSA) is 55.9 Å². The molecule has 0 aliphatic heterocycles. The highest BCUT2D eigenvalue weighted by Crippen LogP contribution is 2.36. The molecule has 1 unspecified atom stereocenters. The first kappa shape index (κ1) is 9.68. The summed E-state index contributed by atoms with van der Waals surface area (Å²) in [5.41, 5.74) is 4.13. The lowest BCUT2D eigenvalue weighted by Crippen LogP contribution is -2.36. The van der Waals surface area contributed by atoms with Crippen LogP contribution < -0.4 is 11.3 Å². The minimum Gasteiger partial charge on any atom is -0.273 e. The summed E-state index contributed by atoms with van der Waals surface area (Å²) in [6.45, 7) is 3.01. The Hall–Kier alpha value is -0.870. The van der Waals surface area contributed by atoms with Gasteiger partial charge in [-0.25, -0.2) is 0 Å². The van der Waals surface area contributed by atoms with Gasteiger partial charge in [-0.2, -0.15) is 5.10 Å². The molecule has 4 nitrogen and oxygen atoms in total. The summed E-state index contributed by atoms with van der Waals surface area (Å²) in [5, 5.41) is 4.27. The van der Waals surface area contributed by atoms with E-state index in [1.807, 2.05) is 10.9 Å². The third-order valence-corrected chi connectivity index (χ3v) is 3.14. The second-order valence-electron chi connectivity index (χ2n) is 3.96. The molecule has 14 heavy (non-hydrogen) atoms. The molecule has 1 saturated carbocycles. The van der Waals surface area contributed by atoms with Gasteiger partial charge in [0.25, 0.3) is 0 Å². The van der Waals surface area contributed by atoms with Crippen molar-refractivity contribution in [2.24, 2.45) is 11.8 Å². The third-order valence-electron chi connectivity index (χ3n) is 3.14. The van der Waals surface area contributed by atoms with Crippen LogP contribution in [0.4, 0.5) is 0 Å². The molecule has 1 fully saturated rings. The molecule has 0 bridgehead atoms. The van der Waals surface area contributed by atoms with E-state index in [1.165, 1.54) is 24.8 Å². The van der Waals surface area contributed by atoms with Crippen molar-refractivity contribution in [1.29, 1.82) is 0 Å². The van der Waals surface area contributed by atoms with Gasteiger partial charge >= 0.3 is 0 Å². The van der Waals surface area contributed by atoms with Crippen LogP contribution in [0.3, 0.4) is 0 Å². The maximum Gasteiger partial charge on any atom is 0.0538 e. The predicted octanol–water partition coefficient (Wildman–Crippen LogP) is 1.21. The minimum atomic E-state index is 0.295. The highest BCUT2D eigenvalue weighted by Gasteiger charge is 2.28. The molecule has 78 valence electrons. The average Bonchev–Trinajstić information content (AvgIpc) is 2.58. The molecule has 0 amide bonds. The lowest BCUT2D eigenvalue weighted by Gasteiger charge is -2.32. The van der Waals surface area contributed by atoms with Gasteiger partial charge in [0.15, 0.2) is 0 Å². The molecule has 2 rings (SSSR count). The van der Waals surface area contributed by atoms with Crippen molar-refractivity contribution in [2.75, 3.05) is 0 Å². The fraction of sp³-hybridized carbons (Fsp3) is 0.700. The smallest absolute Gasteiger partial charge is 0.0538 e. The average molecular weight is 194 g/mol. The number of rotatable bonds is 4. The maximum absolute atomic E-state index is 5.58. The van der Waals surface area contributed by atoms with Gasteiger partial charge in [0.1, 0.15) is 0 Å². The van der Waals surface area contributed by atoms with E-state index in [9.17, 15) is 0 Å². The zero-order valence-electron chi connectivity index (χ0n) is 8.61. The Bertz CT molecular complexity index is 290. The van der Waals surface area contributed by atoms with Crippen molar-refractivity contribution >= 4 is 0 Å².